The average Bonchev–Trinajstić information content (AvgIpc) is 3.20. The molecule has 0 aliphatic heterocycles. The van der Waals surface area contributed by atoms with Crippen LogP contribution in [0, 0.1) is 6.92 Å². The Balaban J connectivity index is 2.07. The highest BCUT2D eigenvalue weighted by atomic mass is 16.4. The Bertz CT molecular complexity index is 2030. The van der Waals surface area contributed by atoms with Crippen LogP contribution in [-0.2, 0) is 19.2 Å². The molecule has 5 amide bonds. The first-order valence-corrected chi connectivity index (χ1v) is 20.1. The van der Waals surface area contributed by atoms with Crippen molar-refractivity contribution in [3.8, 4) is 0 Å². The van der Waals surface area contributed by atoms with Gasteiger partial charge in [0.15, 0.2) is 11.9 Å². The van der Waals surface area contributed by atoms with Gasteiger partial charge in [0.05, 0.1) is 0 Å². The molecule has 4 atom stereocenters. The predicted octanol–water partition coefficient (Wildman–Crippen LogP) is 0.483. The summed E-state index contributed by atoms with van der Waals surface area (Å²) in [5.41, 5.74) is 34.5. The predicted molar refractivity (Wildman–Crippen MR) is 231 cm³/mol. The summed E-state index contributed by atoms with van der Waals surface area (Å²) in [6.07, 6.45) is 3.22. The minimum absolute atomic E-state index is 0.00788. The van der Waals surface area contributed by atoms with Gasteiger partial charge in [0, 0.05) is 41.9 Å². The molecule has 0 spiro atoms. The lowest BCUT2D eigenvalue weighted by Gasteiger charge is -2.34. The molecule has 0 unspecified atom stereocenters. The number of aryl methyl sites for hydroxylation is 1. The summed E-state index contributed by atoms with van der Waals surface area (Å²) >= 11 is 0. The van der Waals surface area contributed by atoms with Crippen LogP contribution in [0.25, 0.3) is 11.0 Å². The second-order valence-electron chi connectivity index (χ2n) is 14.4. The van der Waals surface area contributed by atoms with Crippen molar-refractivity contribution in [2.75, 3.05) is 24.5 Å². The summed E-state index contributed by atoms with van der Waals surface area (Å²) in [6.45, 7) is 4.22. The molecule has 0 aliphatic rings. The standard InChI is InChI=1S/C41H60N12O7/c1-3-4-14-29(50-36(56)26-12-6-5-7-13-26)37(57)51-30(15-8-9-20-42)38(58)52-31(16-10-21-48-40(44)45)39(59)53(32(35(43)55)17-11-22-49-41(46)47)27-18-19-28-25(2)23-34(54)60-33(28)24-27/h5-7,12-13,18-19,23-24,29-32H,3-4,8-11,14-17,20-22,42H2,1-2H3,(H2,43,55)(H,50,56)(H,51,57)(H,52,58)(H4,44,45,48)(H4,46,47,49)/t29-,30-,31-,32-/m0/s1. The quantitative estimate of drug-likeness (QED) is 0.0244. The molecule has 19 nitrogen and oxygen atoms in total. The van der Waals surface area contributed by atoms with Gasteiger partial charge in [0.25, 0.3) is 5.91 Å². The van der Waals surface area contributed by atoms with Crippen LogP contribution >= 0.6 is 0 Å². The number of hydrogen-bond acceptors (Lipinski definition) is 10. The van der Waals surface area contributed by atoms with E-state index < -0.39 is 59.3 Å². The maximum absolute atomic E-state index is 15.0. The van der Waals surface area contributed by atoms with Gasteiger partial charge in [-0.25, -0.2) is 4.79 Å². The summed E-state index contributed by atoms with van der Waals surface area (Å²) in [5.74, 6) is -3.68. The summed E-state index contributed by atoms with van der Waals surface area (Å²) < 4.78 is 5.47. The number of carbonyl (C=O) groups is 5. The molecule has 1 heterocycles. The highest BCUT2D eigenvalue weighted by Gasteiger charge is 2.36. The number of anilines is 1. The molecule has 0 aliphatic carbocycles. The third-order valence-electron chi connectivity index (χ3n) is 9.66. The van der Waals surface area contributed by atoms with Gasteiger partial charge in [0.2, 0.25) is 23.6 Å². The minimum atomic E-state index is -1.32. The number of unbranched alkanes of at least 4 members (excludes halogenated alkanes) is 2. The molecule has 19 heteroatoms. The molecule has 0 saturated carbocycles. The lowest BCUT2D eigenvalue weighted by molar-refractivity contribution is -0.132. The lowest BCUT2D eigenvalue weighted by atomic mass is 10.0. The van der Waals surface area contributed by atoms with Gasteiger partial charge in [0.1, 0.15) is 29.8 Å². The van der Waals surface area contributed by atoms with Crippen LogP contribution in [0.3, 0.4) is 0 Å². The van der Waals surface area contributed by atoms with Crippen molar-refractivity contribution in [1.82, 2.24) is 16.0 Å². The van der Waals surface area contributed by atoms with E-state index in [-0.39, 0.29) is 68.4 Å². The number of benzene rings is 2. The monoisotopic (exact) mass is 832 g/mol. The number of carbonyl (C=O) groups excluding carboxylic acids is 5. The number of primary amides is 1. The van der Waals surface area contributed by atoms with Crippen molar-refractivity contribution < 1.29 is 28.4 Å². The zero-order valence-corrected chi connectivity index (χ0v) is 34.4. The number of amides is 5. The SMILES string of the molecule is CCCC[C@H](NC(=O)c1ccccc1)C(=O)N[C@@H](CCCCN)C(=O)N[C@@H](CCCN=C(N)N)C(=O)N(c1ccc2c(C)cc(=O)oc2c1)[C@@H](CCCN=C(N)N)C(N)=O. The third kappa shape index (κ3) is 15.0. The van der Waals surface area contributed by atoms with Crippen molar-refractivity contribution in [3.05, 3.63) is 76.1 Å². The summed E-state index contributed by atoms with van der Waals surface area (Å²) in [7, 11) is 0. The van der Waals surface area contributed by atoms with Crippen LogP contribution in [0.5, 0.6) is 0 Å². The van der Waals surface area contributed by atoms with Gasteiger partial charge in [-0.3, -0.25) is 38.9 Å². The summed E-state index contributed by atoms with van der Waals surface area (Å²) in [6, 6.07) is 9.69. The number of fused-ring (bicyclic) bond motifs is 1. The highest BCUT2D eigenvalue weighted by Crippen LogP contribution is 2.27. The fourth-order valence-electron chi connectivity index (χ4n) is 6.56. The molecule has 2 aromatic carbocycles. The van der Waals surface area contributed by atoms with Crippen molar-refractivity contribution in [2.45, 2.75) is 102 Å². The van der Waals surface area contributed by atoms with E-state index in [2.05, 4.69) is 25.9 Å². The molecular weight excluding hydrogens is 773 g/mol. The Morgan fingerprint density at radius 3 is 1.90 bits per heavy atom. The fourth-order valence-corrected chi connectivity index (χ4v) is 6.56. The number of nitrogens with two attached hydrogens (primary N) is 6. The Hall–Kier alpha value is -6.50. The largest absolute Gasteiger partial charge is 0.423 e. The van der Waals surface area contributed by atoms with E-state index in [4.69, 9.17) is 38.8 Å². The normalized spacial score (nSPS) is 12.9. The number of guanidine groups is 2. The molecule has 0 fully saturated rings. The lowest BCUT2D eigenvalue weighted by Crippen LogP contribution is -2.59. The van der Waals surface area contributed by atoms with E-state index in [1.807, 2.05) is 6.92 Å². The molecule has 0 saturated heterocycles. The number of hydrogen-bond donors (Lipinski definition) is 9. The van der Waals surface area contributed by atoms with Gasteiger partial charge in [-0.2, -0.15) is 0 Å². The Kier molecular flexibility index (Phi) is 19.5. The first kappa shape index (κ1) is 47.9. The Morgan fingerprint density at radius 1 is 0.717 bits per heavy atom. The van der Waals surface area contributed by atoms with Gasteiger partial charge < -0.3 is 54.8 Å². The van der Waals surface area contributed by atoms with Gasteiger partial charge in [-0.05, 0) is 94.7 Å². The van der Waals surface area contributed by atoms with Gasteiger partial charge in [-0.1, -0.05) is 38.0 Å². The van der Waals surface area contributed by atoms with Crippen LogP contribution in [0.2, 0.25) is 0 Å². The second-order valence-corrected chi connectivity index (χ2v) is 14.4. The van der Waals surface area contributed by atoms with E-state index in [0.29, 0.717) is 48.7 Å². The molecule has 326 valence electrons. The first-order valence-electron chi connectivity index (χ1n) is 20.1. The van der Waals surface area contributed by atoms with E-state index in [0.717, 1.165) is 11.3 Å². The Labute approximate surface area is 349 Å². The highest BCUT2D eigenvalue weighted by molar-refractivity contribution is 6.06. The third-order valence-corrected chi connectivity index (χ3v) is 9.66. The molecule has 60 heavy (non-hydrogen) atoms. The zero-order chi connectivity index (χ0) is 44.2. The zero-order valence-electron chi connectivity index (χ0n) is 34.4. The molecule has 15 N–H and O–H groups in total. The van der Waals surface area contributed by atoms with Crippen LogP contribution in [0.4, 0.5) is 5.69 Å². The maximum Gasteiger partial charge on any atom is 0.336 e. The van der Waals surface area contributed by atoms with Crippen LogP contribution in [-0.4, -0.2) is 85.3 Å². The molecule has 0 bridgehead atoms. The maximum atomic E-state index is 15.0. The van der Waals surface area contributed by atoms with Crippen molar-refractivity contribution in [2.24, 2.45) is 44.4 Å². The molecule has 3 rings (SSSR count). The number of nitrogens with zero attached hydrogens (tertiary/aromatic N) is 3. The van der Waals surface area contributed by atoms with Crippen molar-refractivity contribution in [1.29, 1.82) is 0 Å². The van der Waals surface area contributed by atoms with Crippen molar-refractivity contribution >= 4 is 58.1 Å². The average molecular weight is 833 g/mol. The molecular formula is C41H60N12O7. The topological polar surface area (TPSA) is 336 Å². The van der Waals surface area contributed by atoms with Crippen LogP contribution in [0.1, 0.15) is 87.1 Å². The van der Waals surface area contributed by atoms with Crippen molar-refractivity contribution in [3.63, 3.8) is 0 Å². The molecule has 0 radical (unpaired) electrons. The van der Waals surface area contributed by atoms with Gasteiger partial charge >= 0.3 is 5.63 Å². The van der Waals surface area contributed by atoms with E-state index >= 15 is 0 Å². The summed E-state index contributed by atoms with van der Waals surface area (Å²) in [4.78, 5) is 91.1. The molecule has 3 aromatic rings. The molecule has 1 aromatic heterocycles. The van der Waals surface area contributed by atoms with Crippen LogP contribution < -0.4 is 60.9 Å². The summed E-state index contributed by atoms with van der Waals surface area (Å²) in [5, 5.41) is 9.00. The fraction of sp³-hybridized carbons (Fsp3) is 0.463. The number of aliphatic imine (C=N–C) groups is 2. The first-order chi connectivity index (χ1) is 28.7. The number of nitrogens with one attached hydrogen (secondary N) is 3. The minimum Gasteiger partial charge on any atom is -0.423 e. The Morgan fingerprint density at radius 2 is 1.30 bits per heavy atom. The van der Waals surface area contributed by atoms with E-state index in [1.165, 1.54) is 12.1 Å². The number of rotatable bonds is 25. The second kappa shape index (κ2) is 24.4. The van der Waals surface area contributed by atoms with E-state index in [1.54, 1.807) is 49.4 Å². The van der Waals surface area contributed by atoms with Gasteiger partial charge in [-0.15, -0.1) is 0 Å². The van der Waals surface area contributed by atoms with Crippen LogP contribution in [0.15, 0.2) is 73.8 Å². The van der Waals surface area contributed by atoms with E-state index in [9.17, 15) is 28.8 Å². The smallest absolute Gasteiger partial charge is 0.336 e.